The van der Waals surface area contributed by atoms with Crippen molar-refractivity contribution in [2.24, 2.45) is 0 Å². The van der Waals surface area contributed by atoms with Crippen LogP contribution in [0.1, 0.15) is 48.5 Å². The van der Waals surface area contributed by atoms with Crippen LogP contribution in [0.5, 0.6) is 5.75 Å². The van der Waals surface area contributed by atoms with Crippen molar-refractivity contribution in [2.75, 3.05) is 11.9 Å². The lowest BCUT2D eigenvalue weighted by Gasteiger charge is -2.33. The minimum absolute atomic E-state index is 0.0246. The van der Waals surface area contributed by atoms with E-state index in [9.17, 15) is 9.59 Å². The Morgan fingerprint density at radius 2 is 1.80 bits per heavy atom. The molecule has 2 N–H and O–H groups in total. The van der Waals surface area contributed by atoms with Crippen molar-refractivity contribution in [2.45, 2.75) is 31.6 Å². The highest BCUT2D eigenvalue weighted by Gasteiger charge is 2.41. The first-order chi connectivity index (χ1) is 17.1. The Morgan fingerprint density at radius 1 is 1.00 bits per heavy atom. The molecule has 0 saturated carbocycles. The number of ether oxygens (including phenoxy) is 1. The summed E-state index contributed by atoms with van der Waals surface area (Å²) in [5.41, 5.74) is 3.46. The number of allylic oxidation sites excluding steroid dienone is 2. The molecule has 6 rings (SSSR count). The number of Topliss-reactive ketones (excluding diaryl/α,β-unsaturated/α-hetero) is 1. The molecule has 1 aliphatic carbocycles. The zero-order valence-electron chi connectivity index (χ0n) is 19.3. The molecule has 7 nitrogen and oxygen atoms in total. The second kappa shape index (κ2) is 8.51. The lowest BCUT2D eigenvalue weighted by atomic mass is 9.73. The zero-order valence-corrected chi connectivity index (χ0v) is 19.3. The van der Waals surface area contributed by atoms with E-state index in [1.165, 1.54) is 4.68 Å². The minimum Gasteiger partial charge on any atom is -0.494 e. The van der Waals surface area contributed by atoms with E-state index in [2.05, 4.69) is 10.4 Å². The van der Waals surface area contributed by atoms with Gasteiger partial charge in [0.25, 0.3) is 5.56 Å². The number of carbonyl (C=O) groups is 1. The fraction of sp³-hybridized carbons (Fsp3) is 0.214. The van der Waals surface area contributed by atoms with Gasteiger partial charge in [-0.1, -0.05) is 30.3 Å². The summed E-state index contributed by atoms with van der Waals surface area (Å²) in [6, 6.07) is 20.9. The topological polar surface area (TPSA) is 89.3 Å². The van der Waals surface area contributed by atoms with Crippen LogP contribution in [0.4, 0.5) is 5.82 Å². The fourth-order valence-electron chi connectivity index (χ4n) is 5.23. The van der Waals surface area contributed by atoms with Crippen molar-refractivity contribution in [3.63, 3.8) is 0 Å². The number of aromatic nitrogens is 2. The number of H-pyrrole nitrogens is 1. The Labute approximate surface area is 202 Å². The van der Waals surface area contributed by atoms with E-state index < -0.39 is 5.92 Å². The molecule has 3 heterocycles. The Bertz CT molecular complexity index is 1460. The first kappa shape index (κ1) is 21.3. The summed E-state index contributed by atoms with van der Waals surface area (Å²) in [6.07, 6.45) is 2.60. The molecule has 2 aliphatic rings. The van der Waals surface area contributed by atoms with Crippen LogP contribution in [-0.2, 0) is 4.79 Å². The predicted molar refractivity (Wildman–Crippen MR) is 132 cm³/mol. The number of carbonyl (C=O) groups excluding carboxylic acids is 1. The summed E-state index contributed by atoms with van der Waals surface area (Å²) in [7, 11) is 0. The van der Waals surface area contributed by atoms with E-state index in [1.54, 1.807) is 6.26 Å². The summed E-state index contributed by atoms with van der Waals surface area (Å²) < 4.78 is 12.8. The number of benzene rings is 2. The van der Waals surface area contributed by atoms with E-state index in [4.69, 9.17) is 9.15 Å². The van der Waals surface area contributed by atoms with Crippen molar-refractivity contribution < 1.29 is 13.9 Å². The van der Waals surface area contributed by atoms with Crippen molar-refractivity contribution in [1.29, 1.82) is 0 Å². The lowest BCUT2D eigenvalue weighted by Crippen LogP contribution is -2.31. The van der Waals surface area contributed by atoms with Gasteiger partial charge in [-0.15, -0.1) is 0 Å². The van der Waals surface area contributed by atoms with Crippen LogP contribution in [-0.4, -0.2) is 22.2 Å². The monoisotopic (exact) mass is 467 g/mol. The molecule has 0 saturated heterocycles. The molecule has 2 aromatic heterocycles. The molecule has 0 unspecified atom stereocenters. The lowest BCUT2D eigenvalue weighted by molar-refractivity contribution is -0.116. The Morgan fingerprint density at radius 3 is 2.51 bits per heavy atom. The number of aromatic amines is 1. The molecule has 0 fully saturated rings. The third-order valence-corrected chi connectivity index (χ3v) is 6.77. The number of ketones is 1. The maximum Gasteiger partial charge on any atom is 0.277 e. The summed E-state index contributed by atoms with van der Waals surface area (Å²) >= 11 is 0. The summed E-state index contributed by atoms with van der Waals surface area (Å²) in [6.45, 7) is 2.50. The van der Waals surface area contributed by atoms with Gasteiger partial charge in [-0.3, -0.25) is 14.7 Å². The number of hydrogen-bond acceptors (Lipinski definition) is 5. The number of furan rings is 1. The smallest absolute Gasteiger partial charge is 0.277 e. The van der Waals surface area contributed by atoms with Crippen LogP contribution >= 0.6 is 0 Å². The molecule has 0 bridgehead atoms. The number of rotatable bonds is 5. The maximum atomic E-state index is 13.7. The third-order valence-electron chi connectivity index (χ3n) is 6.77. The second-order valence-electron chi connectivity index (χ2n) is 8.87. The molecular weight excluding hydrogens is 442 g/mol. The molecule has 2 aromatic carbocycles. The van der Waals surface area contributed by atoms with Gasteiger partial charge in [-0.05, 0) is 55.3 Å². The van der Waals surface area contributed by atoms with Gasteiger partial charge in [0.15, 0.2) is 5.78 Å². The number of nitrogens with one attached hydrogen (secondary N) is 2. The highest BCUT2D eigenvalue weighted by atomic mass is 16.5. The predicted octanol–water partition coefficient (Wildman–Crippen LogP) is 5.12. The minimum atomic E-state index is -0.476. The average Bonchev–Trinajstić information content (AvgIpc) is 3.53. The van der Waals surface area contributed by atoms with Gasteiger partial charge < -0.3 is 14.5 Å². The summed E-state index contributed by atoms with van der Waals surface area (Å²) in [5.74, 6) is 1.67. The van der Waals surface area contributed by atoms with Crippen molar-refractivity contribution in [1.82, 2.24) is 9.78 Å². The molecule has 0 amide bonds. The van der Waals surface area contributed by atoms with E-state index in [-0.39, 0.29) is 17.3 Å². The number of para-hydroxylation sites is 1. The van der Waals surface area contributed by atoms with Crippen LogP contribution in [0, 0.1) is 0 Å². The van der Waals surface area contributed by atoms with E-state index >= 15 is 0 Å². The quantitative estimate of drug-likeness (QED) is 0.426. The number of nitrogens with zero attached hydrogens (tertiary/aromatic N) is 1. The molecule has 1 aliphatic heterocycles. The normalized spacial score (nSPS) is 19.2. The highest BCUT2D eigenvalue weighted by molar-refractivity contribution is 6.01. The molecule has 0 radical (unpaired) electrons. The largest absolute Gasteiger partial charge is 0.494 e. The Balaban J connectivity index is 1.50. The van der Waals surface area contributed by atoms with Gasteiger partial charge in [-0.25, -0.2) is 4.68 Å². The molecule has 2 atom stereocenters. The number of fused-ring (bicyclic) bond motifs is 1. The van der Waals surface area contributed by atoms with Gasteiger partial charge in [0, 0.05) is 29.5 Å². The first-order valence-electron chi connectivity index (χ1n) is 11.8. The van der Waals surface area contributed by atoms with Crippen LogP contribution in [0.15, 0.2) is 93.5 Å². The van der Waals surface area contributed by atoms with Crippen LogP contribution in [0.25, 0.3) is 5.69 Å². The van der Waals surface area contributed by atoms with E-state index in [0.717, 1.165) is 28.5 Å². The molecular formula is C28H25N3O4. The SMILES string of the molecule is CCOc1ccc([C@@H]2C3=C(C[C@@H](c4ccco4)CC3=O)Nc3[nH]n(-c4ccccc4)c(=O)c32)cc1. The number of hydrogen-bond donors (Lipinski definition) is 2. The molecule has 7 heteroatoms. The van der Waals surface area contributed by atoms with Crippen LogP contribution < -0.4 is 15.6 Å². The third kappa shape index (κ3) is 3.60. The van der Waals surface area contributed by atoms with Crippen molar-refractivity contribution in [3.05, 3.63) is 112 Å². The number of anilines is 1. The van der Waals surface area contributed by atoms with E-state index in [0.29, 0.717) is 36.4 Å². The van der Waals surface area contributed by atoms with E-state index in [1.807, 2.05) is 73.7 Å². The molecule has 35 heavy (non-hydrogen) atoms. The molecule has 4 aromatic rings. The van der Waals surface area contributed by atoms with Gasteiger partial charge >= 0.3 is 0 Å². The zero-order chi connectivity index (χ0) is 23.9. The first-order valence-corrected chi connectivity index (χ1v) is 11.8. The maximum absolute atomic E-state index is 13.7. The van der Waals surface area contributed by atoms with Gasteiger partial charge in [0.05, 0.1) is 24.1 Å². The Kier molecular flexibility index (Phi) is 5.17. The Hall–Kier alpha value is -4.26. The van der Waals surface area contributed by atoms with Gasteiger partial charge in [0.2, 0.25) is 0 Å². The standard InChI is InChI=1S/C28H25N3O4/c1-2-34-20-12-10-17(11-13-20)24-25-21(15-18(16-22(25)32)23-9-6-14-35-23)29-27-26(24)28(33)31(30-27)19-7-4-3-5-8-19/h3-14,18,24,29-30H,2,15-16H2,1H3/t18-,24-/m1/s1. The van der Waals surface area contributed by atoms with Gasteiger partial charge in [-0.2, -0.15) is 0 Å². The second-order valence-corrected chi connectivity index (χ2v) is 8.87. The molecule has 0 spiro atoms. The van der Waals surface area contributed by atoms with Crippen molar-refractivity contribution >= 4 is 11.6 Å². The average molecular weight is 468 g/mol. The van der Waals surface area contributed by atoms with Crippen LogP contribution in [0.2, 0.25) is 0 Å². The van der Waals surface area contributed by atoms with Gasteiger partial charge in [0.1, 0.15) is 17.3 Å². The molecule has 176 valence electrons. The summed E-state index contributed by atoms with van der Waals surface area (Å²) in [5, 5.41) is 6.65. The van der Waals surface area contributed by atoms with Crippen molar-refractivity contribution in [3.8, 4) is 11.4 Å². The summed E-state index contributed by atoms with van der Waals surface area (Å²) in [4.78, 5) is 27.3. The van der Waals surface area contributed by atoms with Crippen LogP contribution in [0.3, 0.4) is 0 Å². The fourth-order valence-corrected chi connectivity index (χ4v) is 5.23. The highest BCUT2D eigenvalue weighted by Crippen LogP contribution is 2.47.